The third-order valence-electron chi connectivity index (χ3n) is 5.64. The summed E-state index contributed by atoms with van der Waals surface area (Å²) in [7, 11) is 2.09. The van der Waals surface area contributed by atoms with Crippen molar-refractivity contribution >= 4 is 5.78 Å². The smallest absolute Gasteiger partial charge is 0.207 e. The number of carbonyl (C=O) groups is 1. The van der Waals surface area contributed by atoms with Gasteiger partial charge in [0.05, 0.1) is 11.5 Å². The van der Waals surface area contributed by atoms with Gasteiger partial charge in [-0.05, 0) is 69.7 Å². The zero-order valence-electron chi connectivity index (χ0n) is 12.9. The second kappa shape index (κ2) is 5.25. The van der Waals surface area contributed by atoms with Crippen LogP contribution in [-0.4, -0.2) is 47.1 Å². The number of hydrogen-bond donors (Lipinski definition) is 2. The zero-order valence-corrected chi connectivity index (χ0v) is 12.9. The van der Waals surface area contributed by atoms with Crippen molar-refractivity contribution in [1.29, 1.82) is 0 Å². The molecule has 0 aromatic rings. The van der Waals surface area contributed by atoms with E-state index in [1.807, 2.05) is 6.92 Å². The van der Waals surface area contributed by atoms with E-state index >= 15 is 0 Å². The Morgan fingerprint density at radius 3 is 2.90 bits per heavy atom. The van der Waals surface area contributed by atoms with E-state index in [0.717, 1.165) is 49.9 Å². The number of hydrogen-bond acceptors (Lipinski definition) is 4. The average molecular weight is 291 g/mol. The highest BCUT2D eigenvalue weighted by Crippen LogP contribution is 2.57. The molecule has 116 valence electrons. The minimum Gasteiger partial charge on any atom is -0.504 e. The summed E-state index contributed by atoms with van der Waals surface area (Å²) >= 11 is 0. The summed E-state index contributed by atoms with van der Waals surface area (Å²) < 4.78 is 0. The highest BCUT2D eigenvalue weighted by atomic mass is 16.3. The Hall–Kier alpha value is -1.13. The van der Waals surface area contributed by atoms with Gasteiger partial charge in [0, 0.05) is 6.54 Å². The van der Waals surface area contributed by atoms with Crippen LogP contribution in [0.3, 0.4) is 0 Å². The molecule has 0 aromatic carbocycles. The molecule has 1 heterocycles. The van der Waals surface area contributed by atoms with E-state index in [4.69, 9.17) is 0 Å². The molecule has 0 amide bonds. The van der Waals surface area contributed by atoms with Crippen molar-refractivity contribution in [2.75, 3.05) is 20.1 Å². The Morgan fingerprint density at radius 2 is 2.14 bits per heavy atom. The Labute approximate surface area is 126 Å². The van der Waals surface area contributed by atoms with Crippen LogP contribution < -0.4 is 0 Å². The molecule has 0 bridgehead atoms. The number of ketones is 1. The highest BCUT2D eigenvalue weighted by Gasteiger charge is 2.58. The van der Waals surface area contributed by atoms with Crippen LogP contribution in [0.4, 0.5) is 0 Å². The Kier molecular flexibility index (Phi) is 3.70. The molecule has 1 fully saturated rings. The van der Waals surface area contributed by atoms with Crippen LogP contribution in [0.25, 0.3) is 0 Å². The summed E-state index contributed by atoms with van der Waals surface area (Å²) in [5, 5.41) is 20.7. The molecule has 0 aromatic heterocycles. The van der Waals surface area contributed by atoms with Crippen LogP contribution >= 0.6 is 0 Å². The Balaban J connectivity index is 2.07. The quantitative estimate of drug-likeness (QED) is 0.672. The van der Waals surface area contributed by atoms with Crippen LogP contribution in [0.5, 0.6) is 0 Å². The standard InChI is InChI=1S/C17H25NO3/c1-11-9-12-10-14(19)13-5-3-7-18(2)8-4-6-17(12,13)16(21)15(11)20/h5,12,14,19-20H,3-4,6-10H2,1-2H3/b13-5-/t12-,14-,17-/m0/s1. The Morgan fingerprint density at radius 1 is 1.38 bits per heavy atom. The van der Waals surface area contributed by atoms with Crippen molar-refractivity contribution in [1.82, 2.24) is 4.90 Å². The van der Waals surface area contributed by atoms with Crippen LogP contribution in [0.2, 0.25) is 0 Å². The van der Waals surface area contributed by atoms with E-state index in [9.17, 15) is 15.0 Å². The van der Waals surface area contributed by atoms with E-state index in [-0.39, 0.29) is 17.5 Å². The molecule has 0 saturated heterocycles. The largest absolute Gasteiger partial charge is 0.504 e. The number of aliphatic hydroxyl groups is 2. The SMILES string of the molecule is CC1=C(O)C(=O)[C@]23CCCN(C)CC/C=C\2[C@@H](O)C[C@@H]3C1. The summed E-state index contributed by atoms with van der Waals surface area (Å²) in [6.07, 6.45) is 5.43. The molecule has 3 rings (SSSR count). The summed E-state index contributed by atoms with van der Waals surface area (Å²) in [5.74, 6) is -0.0620. The first kappa shape index (κ1) is 14.8. The van der Waals surface area contributed by atoms with Gasteiger partial charge in [0.1, 0.15) is 0 Å². The van der Waals surface area contributed by atoms with E-state index < -0.39 is 11.5 Å². The van der Waals surface area contributed by atoms with Gasteiger partial charge >= 0.3 is 0 Å². The Bertz CT molecular complexity index is 522. The van der Waals surface area contributed by atoms with Gasteiger partial charge in [0.15, 0.2) is 5.76 Å². The minimum atomic E-state index is -0.645. The van der Waals surface area contributed by atoms with Crippen LogP contribution in [0.15, 0.2) is 23.0 Å². The molecule has 0 radical (unpaired) electrons. The third-order valence-corrected chi connectivity index (χ3v) is 5.64. The van der Waals surface area contributed by atoms with Crippen molar-refractivity contribution in [3.63, 3.8) is 0 Å². The van der Waals surface area contributed by atoms with Crippen LogP contribution in [-0.2, 0) is 4.79 Å². The minimum absolute atomic E-state index is 0.0566. The summed E-state index contributed by atoms with van der Waals surface area (Å²) in [6, 6.07) is 0. The third kappa shape index (κ3) is 2.16. The lowest BCUT2D eigenvalue weighted by Gasteiger charge is -2.39. The predicted octanol–water partition coefficient (Wildman–Crippen LogP) is 2.20. The number of allylic oxidation sites excluding steroid dienone is 2. The molecule has 3 aliphatic rings. The van der Waals surface area contributed by atoms with Gasteiger partial charge in [-0.25, -0.2) is 0 Å². The molecule has 2 aliphatic carbocycles. The molecule has 0 unspecified atom stereocenters. The molecule has 4 nitrogen and oxygen atoms in total. The molecule has 1 aliphatic heterocycles. The number of rotatable bonds is 0. The van der Waals surface area contributed by atoms with Gasteiger partial charge in [-0.15, -0.1) is 0 Å². The fourth-order valence-corrected chi connectivity index (χ4v) is 4.54. The van der Waals surface area contributed by atoms with Gasteiger partial charge in [-0.3, -0.25) is 4.79 Å². The van der Waals surface area contributed by atoms with Gasteiger partial charge in [0.25, 0.3) is 0 Å². The van der Waals surface area contributed by atoms with Crippen molar-refractivity contribution in [2.24, 2.45) is 11.3 Å². The van der Waals surface area contributed by atoms with E-state index in [1.54, 1.807) is 0 Å². The fraction of sp³-hybridized carbons (Fsp3) is 0.706. The molecule has 3 atom stereocenters. The van der Waals surface area contributed by atoms with E-state index in [0.29, 0.717) is 6.42 Å². The zero-order chi connectivity index (χ0) is 15.2. The summed E-state index contributed by atoms with van der Waals surface area (Å²) in [6.45, 7) is 3.74. The molecule has 2 N–H and O–H groups in total. The maximum Gasteiger partial charge on any atom is 0.207 e. The molecule has 21 heavy (non-hydrogen) atoms. The number of carbonyl (C=O) groups excluding carboxylic acids is 1. The number of nitrogens with zero attached hydrogens (tertiary/aromatic N) is 1. The number of aliphatic hydroxyl groups excluding tert-OH is 2. The summed E-state index contributed by atoms with van der Waals surface area (Å²) in [4.78, 5) is 15.2. The average Bonchev–Trinajstić information content (AvgIpc) is 2.74. The van der Waals surface area contributed by atoms with Crippen molar-refractivity contribution < 1.29 is 15.0 Å². The van der Waals surface area contributed by atoms with Crippen molar-refractivity contribution in [2.45, 2.75) is 45.1 Å². The van der Waals surface area contributed by atoms with Crippen LogP contribution in [0, 0.1) is 11.3 Å². The van der Waals surface area contributed by atoms with Gasteiger partial charge in [0.2, 0.25) is 5.78 Å². The molecular weight excluding hydrogens is 266 g/mol. The first-order valence-corrected chi connectivity index (χ1v) is 7.97. The second-order valence-electron chi connectivity index (χ2n) is 6.94. The number of Topliss-reactive ketones (excluding diaryl/α,β-unsaturated/α-hetero) is 1. The maximum atomic E-state index is 12.9. The topological polar surface area (TPSA) is 60.8 Å². The highest BCUT2D eigenvalue weighted by molar-refractivity contribution is 6.02. The lowest BCUT2D eigenvalue weighted by Crippen LogP contribution is -2.41. The predicted molar refractivity (Wildman–Crippen MR) is 80.9 cm³/mol. The molecule has 1 spiro atoms. The van der Waals surface area contributed by atoms with E-state index in [2.05, 4.69) is 18.0 Å². The first-order valence-electron chi connectivity index (χ1n) is 7.97. The van der Waals surface area contributed by atoms with E-state index in [1.165, 1.54) is 0 Å². The van der Waals surface area contributed by atoms with Crippen LogP contribution in [0.1, 0.15) is 39.0 Å². The first-order chi connectivity index (χ1) is 9.96. The van der Waals surface area contributed by atoms with Gasteiger partial charge in [-0.2, -0.15) is 0 Å². The lowest BCUT2D eigenvalue weighted by atomic mass is 9.63. The summed E-state index contributed by atoms with van der Waals surface area (Å²) in [5.41, 5.74) is 1.02. The normalized spacial score (nSPS) is 40.7. The fourth-order valence-electron chi connectivity index (χ4n) is 4.54. The van der Waals surface area contributed by atoms with Gasteiger partial charge in [-0.1, -0.05) is 6.08 Å². The van der Waals surface area contributed by atoms with Gasteiger partial charge < -0.3 is 15.1 Å². The molecule has 4 heteroatoms. The van der Waals surface area contributed by atoms with Crippen molar-refractivity contribution in [3.8, 4) is 0 Å². The monoisotopic (exact) mass is 291 g/mol. The maximum absolute atomic E-state index is 12.9. The molecular formula is C17H25NO3. The van der Waals surface area contributed by atoms with Crippen molar-refractivity contribution in [3.05, 3.63) is 23.0 Å². The lowest BCUT2D eigenvalue weighted by molar-refractivity contribution is -0.129. The second-order valence-corrected chi connectivity index (χ2v) is 6.94. The molecule has 1 saturated carbocycles.